The predicted octanol–water partition coefficient (Wildman–Crippen LogP) is -0.826. The minimum atomic E-state index is -1.23. The highest BCUT2D eigenvalue weighted by Crippen LogP contribution is 2.00. The Morgan fingerprint density at radius 2 is 2.27 bits per heavy atom. The molecule has 4 N–H and O–H groups in total. The molecule has 0 heterocycles. The van der Waals surface area contributed by atoms with E-state index in [1.165, 1.54) is 7.11 Å². The molecule has 66 valence electrons. The van der Waals surface area contributed by atoms with Crippen molar-refractivity contribution in [1.82, 2.24) is 0 Å². The number of halogens is 1. The van der Waals surface area contributed by atoms with Crippen molar-refractivity contribution in [2.24, 2.45) is 11.5 Å². The summed E-state index contributed by atoms with van der Waals surface area (Å²) in [6, 6.07) is -0.904. The van der Waals surface area contributed by atoms with Gasteiger partial charge in [-0.25, -0.2) is 4.39 Å². The second-order valence-corrected chi connectivity index (χ2v) is 2.20. The van der Waals surface area contributed by atoms with Crippen molar-refractivity contribution in [1.29, 1.82) is 0 Å². The lowest BCUT2D eigenvalue weighted by molar-refractivity contribution is -0.142. The van der Waals surface area contributed by atoms with Crippen LogP contribution in [0, 0.1) is 0 Å². The number of rotatable bonds is 4. The molecule has 0 aromatic heterocycles. The van der Waals surface area contributed by atoms with E-state index >= 15 is 0 Å². The fraction of sp³-hybridized carbons (Fsp3) is 0.833. The van der Waals surface area contributed by atoms with Crippen LogP contribution in [0.5, 0.6) is 0 Å². The highest BCUT2D eigenvalue weighted by Gasteiger charge is 2.18. The summed E-state index contributed by atoms with van der Waals surface area (Å²) in [5.41, 5.74) is 10.2. The maximum absolute atomic E-state index is 12.5. The zero-order valence-corrected chi connectivity index (χ0v) is 6.42. The number of alkyl halides is 1. The van der Waals surface area contributed by atoms with Gasteiger partial charge in [0.05, 0.1) is 7.11 Å². The SMILES string of the molecule is COC(=O)[C@@H](N)C[C@H](F)CN. The second-order valence-electron chi connectivity index (χ2n) is 2.20. The molecule has 0 bridgehead atoms. The molecule has 0 fully saturated rings. The first kappa shape index (κ1) is 10.3. The van der Waals surface area contributed by atoms with Crippen molar-refractivity contribution in [3.63, 3.8) is 0 Å². The van der Waals surface area contributed by atoms with Crippen molar-refractivity contribution in [3.05, 3.63) is 0 Å². The summed E-state index contributed by atoms with van der Waals surface area (Å²) in [4.78, 5) is 10.6. The van der Waals surface area contributed by atoms with Crippen LogP contribution in [0.25, 0.3) is 0 Å². The van der Waals surface area contributed by atoms with Gasteiger partial charge >= 0.3 is 5.97 Å². The number of carbonyl (C=O) groups is 1. The van der Waals surface area contributed by atoms with Gasteiger partial charge in [-0.05, 0) is 0 Å². The normalized spacial score (nSPS) is 15.6. The Bertz CT molecular complexity index is 132. The first-order valence-electron chi connectivity index (χ1n) is 3.29. The van der Waals surface area contributed by atoms with Crippen LogP contribution in [0.3, 0.4) is 0 Å². The van der Waals surface area contributed by atoms with E-state index in [4.69, 9.17) is 11.5 Å². The van der Waals surface area contributed by atoms with E-state index in [0.29, 0.717) is 0 Å². The summed E-state index contributed by atoms with van der Waals surface area (Å²) in [5.74, 6) is -0.610. The third kappa shape index (κ3) is 3.90. The van der Waals surface area contributed by atoms with Gasteiger partial charge in [0, 0.05) is 13.0 Å². The lowest BCUT2D eigenvalue weighted by atomic mass is 10.1. The number of hydrogen-bond acceptors (Lipinski definition) is 4. The number of esters is 1. The quantitative estimate of drug-likeness (QED) is 0.532. The molecule has 0 saturated carbocycles. The Kier molecular flexibility index (Phi) is 4.72. The molecule has 0 aromatic carbocycles. The van der Waals surface area contributed by atoms with Gasteiger partial charge < -0.3 is 16.2 Å². The van der Waals surface area contributed by atoms with Gasteiger partial charge in [-0.3, -0.25) is 4.79 Å². The van der Waals surface area contributed by atoms with Crippen molar-refractivity contribution >= 4 is 5.97 Å². The Labute approximate surface area is 64.7 Å². The van der Waals surface area contributed by atoms with Crippen molar-refractivity contribution < 1.29 is 13.9 Å². The number of ether oxygens (including phenoxy) is 1. The van der Waals surface area contributed by atoms with Crippen molar-refractivity contribution in [2.45, 2.75) is 18.6 Å². The molecule has 0 unspecified atom stereocenters. The Hall–Kier alpha value is -0.680. The van der Waals surface area contributed by atoms with Gasteiger partial charge in [0.2, 0.25) is 0 Å². The van der Waals surface area contributed by atoms with E-state index in [1.807, 2.05) is 0 Å². The van der Waals surface area contributed by atoms with Crippen LogP contribution in [0.15, 0.2) is 0 Å². The summed E-state index contributed by atoms with van der Waals surface area (Å²) >= 11 is 0. The Balaban J connectivity index is 3.67. The molecule has 5 heteroatoms. The second kappa shape index (κ2) is 5.03. The smallest absolute Gasteiger partial charge is 0.322 e. The van der Waals surface area contributed by atoms with E-state index in [0.717, 1.165) is 0 Å². The van der Waals surface area contributed by atoms with Crippen LogP contribution in [0.1, 0.15) is 6.42 Å². The van der Waals surface area contributed by atoms with E-state index < -0.39 is 18.2 Å². The predicted molar refractivity (Wildman–Crippen MR) is 38.6 cm³/mol. The van der Waals surface area contributed by atoms with Gasteiger partial charge in [-0.15, -0.1) is 0 Å². The molecule has 4 nitrogen and oxygen atoms in total. The van der Waals surface area contributed by atoms with Crippen molar-refractivity contribution in [2.75, 3.05) is 13.7 Å². The number of hydrogen-bond donors (Lipinski definition) is 2. The summed E-state index contributed by atoms with van der Waals surface area (Å²) in [6.07, 6.45) is -1.31. The molecule has 0 saturated heterocycles. The highest BCUT2D eigenvalue weighted by molar-refractivity contribution is 5.75. The largest absolute Gasteiger partial charge is 0.468 e. The van der Waals surface area contributed by atoms with Gasteiger partial charge in [-0.2, -0.15) is 0 Å². The molecule has 0 aromatic rings. The minimum absolute atomic E-state index is 0.0802. The van der Waals surface area contributed by atoms with E-state index in [-0.39, 0.29) is 13.0 Å². The molecule has 0 rings (SSSR count). The topological polar surface area (TPSA) is 78.3 Å². The minimum Gasteiger partial charge on any atom is -0.468 e. The number of nitrogens with two attached hydrogens (primary N) is 2. The zero-order valence-electron chi connectivity index (χ0n) is 6.42. The van der Waals surface area contributed by atoms with Gasteiger partial charge in [0.1, 0.15) is 12.2 Å². The van der Waals surface area contributed by atoms with Crippen LogP contribution in [0.2, 0.25) is 0 Å². The van der Waals surface area contributed by atoms with E-state index in [9.17, 15) is 9.18 Å². The molecular formula is C6H13FN2O2. The first-order chi connectivity index (χ1) is 5.11. The third-order valence-electron chi connectivity index (χ3n) is 1.27. The molecule has 0 spiro atoms. The Morgan fingerprint density at radius 1 is 1.73 bits per heavy atom. The fourth-order valence-corrected chi connectivity index (χ4v) is 0.619. The number of carbonyl (C=O) groups excluding carboxylic acids is 1. The van der Waals surface area contributed by atoms with Crippen molar-refractivity contribution in [3.8, 4) is 0 Å². The lowest BCUT2D eigenvalue weighted by Gasteiger charge is -2.10. The molecule has 0 aliphatic carbocycles. The van der Waals surface area contributed by atoms with Crippen LogP contribution in [-0.2, 0) is 9.53 Å². The van der Waals surface area contributed by atoms with Gasteiger partial charge in [0.25, 0.3) is 0 Å². The average molecular weight is 164 g/mol. The average Bonchev–Trinajstić information content (AvgIpc) is 2.02. The highest BCUT2D eigenvalue weighted by atomic mass is 19.1. The lowest BCUT2D eigenvalue weighted by Crippen LogP contribution is -2.36. The summed E-state index contributed by atoms with van der Waals surface area (Å²) < 4.78 is 16.8. The van der Waals surface area contributed by atoms with Crippen LogP contribution in [-0.4, -0.2) is 31.8 Å². The summed E-state index contributed by atoms with van der Waals surface area (Å²) in [7, 11) is 1.21. The first-order valence-corrected chi connectivity index (χ1v) is 3.29. The van der Waals surface area contributed by atoms with Crippen LogP contribution in [0.4, 0.5) is 4.39 Å². The van der Waals surface area contributed by atoms with E-state index in [2.05, 4.69) is 4.74 Å². The van der Waals surface area contributed by atoms with Gasteiger partial charge in [-0.1, -0.05) is 0 Å². The molecule has 0 radical (unpaired) electrons. The maximum atomic E-state index is 12.5. The Morgan fingerprint density at radius 3 is 2.64 bits per heavy atom. The third-order valence-corrected chi connectivity index (χ3v) is 1.27. The molecule has 0 aliphatic rings. The summed E-state index contributed by atoms with van der Waals surface area (Å²) in [6.45, 7) is -0.120. The standard InChI is InChI=1S/C6H13FN2O2/c1-11-6(10)5(9)2-4(7)3-8/h4-5H,2-3,8-9H2,1H3/t4-,5-/m0/s1. The molecule has 2 atom stereocenters. The van der Waals surface area contributed by atoms with Crippen LogP contribution < -0.4 is 11.5 Å². The monoisotopic (exact) mass is 164 g/mol. The molecule has 11 heavy (non-hydrogen) atoms. The zero-order chi connectivity index (χ0) is 8.85. The molecule has 0 amide bonds. The van der Waals surface area contributed by atoms with Crippen LogP contribution >= 0.6 is 0 Å². The van der Waals surface area contributed by atoms with E-state index in [1.54, 1.807) is 0 Å². The van der Waals surface area contributed by atoms with Gasteiger partial charge in [0.15, 0.2) is 0 Å². The molecule has 0 aliphatic heterocycles. The fourth-order valence-electron chi connectivity index (χ4n) is 0.619. The molecular weight excluding hydrogens is 151 g/mol. The summed E-state index contributed by atoms with van der Waals surface area (Å²) in [5, 5.41) is 0. The maximum Gasteiger partial charge on any atom is 0.322 e. The number of methoxy groups -OCH3 is 1.